The number of carbonyl (C=O) groups is 4. The number of nitrogens with one attached hydrogen (secondary N) is 1. The predicted molar refractivity (Wildman–Crippen MR) is 120 cm³/mol. The number of anilines is 1. The van der Waals surface area contributed by atoms with Crippen molar-refractivity contribution in [3.63, 3.8) is 0 Å². The first-order valence-electron chi connectivity index (χ1n) is 11.9. The van der Waals surface area contributed by atoms with Crippen LogP contribution in [0.3, 0.4) is 0 Å². The highest BCUT2D eigenvalue weighted by atomic mass is 16.2. The number of hydrogen-bond donors (Lipinski definition) is 2. The van der Waals surface area contributed by atoms with Crippen LogP contribution in [0.25, 0.3) is 0 Å². The van der Waals surface area contributed by atoms with Gasteiger partial charge in [-0.3, -0.25) is 34.3 Å². The van der Waals surface area contributed by atoms with Gasteiger partial charge < -0.3 is 10.6 Å². The standard InChI is InChI=1S/C24H29N5O4/c25-14-10-24(11-14)12-28(13-24)15-6-8-27(9-7-15)17-3-1-2-16-20(17)23(33)29(22(16)32)18-4-5-19(30)26-21(18)31/h1-3,14-15,18H,4-13,25H2,(H,26,30,31). The van der Waals surface area contributed by atoms with E-state index >= 15 is 0 Å². The molecule has 6 rings (SSSR count). The van der Waals surface area contributed by atoms with E-state index in [2.05, 4.69) is 15.1 Å². The topological polar surface area (TPSA) is 116 Å². The van der Waals surface area contributed by atoms with Crippen molar-refractivity contribution in [3.05, 3.63) is 29.3 Å². The molecule has 1 aromatic rings. The third-order valence-corrected chi connectivity index (χ3v) is 8.24. The van der Waals surface area contributed by atoms with Gasteiger partial charge in [0.1, 0.15) is 6.04 Å². The van der Waals surface area contributed by atoms with E-state index in [4.69, 9.17) is 5.73 Å². The van der Waals surface area contributed by atoms with Crippen molar-refractivity contribution in [1.82, 2.24) is 15.1 Å². The minimum Gasteiger partial charge on any atom is -0.371 e. The van der Waals surface area contributed by atoms with E-state index in [0.717, 1.165) is 62.4 Å². The van der Waals surface area contributed by atoms with Gasteiger partial charge in [0, 0.05) is 44.7 Å². The molecule has 0 aromatic heterocycles. The van der Waals surface area contributed by atoms with E-state index in [1.165, 1.54) is 0 Å². The zero-order valence-electron chi connectivity index (χ0n) is 18.6. The number of nitrogens with zero attached hydrogens (tertiary/aromatic N) is 3. The minimum atomic E-state index is -0.938. The molecular weight excluding hydrogens is 422 g/mol. The number of likely N-dealkylation sites (tertiary alicyclic amines) is 1. The van der Waals surface area contributed by atoms with Crippen LogP contribution in [0.5, 0.6) is 0 Å². The number of carbonyl (C=O) groups excluding carboxylic acids is 4. The average molecular weight is 452 g/mol. The Bertz CT molecular complexity index is 1050. The van der Waals surface area contributed by atoms with Crippen molar-refractivity contribution >= 4 is 29.3 Å². The Labute approximate surface area is 192 Å². The number of imide groups is 2. The van der Waals surface area contributed by atoms with E-state index < -0.39 is 23.8 Å². The van der Waals surface area contributed by atoms with Gasteiger partial charge in [-0.25, -0.2) is 0 Å². The van der Waals surface area contributed by atoms with Gasteiger partial charge in [0.25, 0.3) is 11.8 Å². The van der Waals surface area contributed by atoms with Crippen molar-refractivity contribution in [2.75, 3.05) is 31.1 Å². The third-order valence-electron chi connectivity index (χ3n) is 8.24. The first-order chi connectivity index (χ1) is 15.8. The Hall–Kier alpha value is -2.78. The number of fused-ring (bicyclic) bond motifs is 1. The average Bonchev–Trinajstić information content (AvgIpc) is 3.01. The van der Waals surface area contributed by atoms with Crippen LogP contribution >= 0.6 is 0 Å². The molecule has 1 spiro atoms. The molecular formula is C24H29N5O4. The Morgan fingerprint density at radius 3 is 2.36 bits per heavy atom. The fourth-order valence-corrected chi connectivity index (χ4v) is 6.62. The molecule has 0 radical (unpaired) electrons. The van der Waals surface area contributed by atoms with Gasteiger partial charge >= 0.3 is 0 Å². The molecule has 0 bridgehead atoms. The van der Waals surface area contributed by atoms with Gasteiger partial charge in [-0.15, -0.1) is 0 Å². The van der Waals surface area contributed by atoms with Gasteiger partial charge in [0.2, 0.25) is 11.8 Å². The maximum atomic E-state index is 13.4. The van der Waals surface area contributed by atoms with Crippen LogP contribution < -0.4 is 16.0 Å². The molecule has 3 saturated heterocycles. The molecule has 5 aliphatic rings. The molecule has 1 unspecified atom stereocenters. The van der Waals surface area contributed by atoms with Crippen LogP contribution in [-0.4, -0.2) is 77.7 Å². The molecule has 1 aromatic carbocycles. The summed E-state index contributed by atoms with van der Waals surface area (Å²) in [5.41, 5.74) is 7.96. The fraction of sp³-hybridized carbons (Fsp3) is 0.583. The van der Waals surface area contributed by atoms with E-state index in [-0.39, 0.29) is 18.7 Å². The second-order valence-corrected chi connectivity index (χ2v) is 10.4. The minimum absolute atomic E-state index is 0.119. The van der Waals surface area contributed by atoms with Crippen molar-refractivity contribution in [1.29, 1.82) is 0 Å². The lowest BCUT2D eigenvalue weighted by Gasteiger charge is -2.61. The summed E-state index contributed by atoms with van der Waals surface area (Å²) in [7, 11) is 0. The molecule has 1 aliphatic carbocycles. The number of benzene rings is 1. The normalized spacial score (nSPS) is 28.1. The highest BCUT2D eigenvalue weighted by Gasteiger charge is 2.53. The highest BCUT2D eigenvalue weighted by Crippen LogP contribution is 2.49. The molecule has 1 atom stereocenters. The van der Waals surface area contributed by atoms with E-state index in [0.29, 0.717) is 28.6 Å². The molecule has 1 saturated carbocycles. The van der Waals surface area contributed by atoms with Gasteiger partial charge in [0.15, 0.2) is 0 Å². The Morgan fingerprint density at radius 2 is 1.70 bits per heavy atom. The number of piperidine rings is 2. The first-order valence-corrected chi connectivity index (χ1v) is 11.9. The van der Waals surface area contributed by atoms with Gasteiger partial charge in [-0.2, -0.15) is 0 Å². The molecule has 174 valence electrons. The number of hydrogen-bond acceptors (Lipinski definition) is 7. The van der Waals surface area contributed by atoms with Crippen molar-refractivity contribution in [3.8, 4) is 0 Å². The molecule has 9 heteroatoms. The number of rotatable bonds is 3. The van der Waals surface area contributed by atoms with E-state index in [9.17, 15) is 19.2 Å². The summed E-state index contributed by atoms with van der Waals surface area (Å²) in [5.74, 6) is -1.84. The first kappa shape index (κ1) is 20.8. The Morgan fingerprint density at radius 1 is 0.970 bits per heavy atom. The predicted octanol–water partition coefficient (Wildman–Crippen LogP) is 0.480. The fourth-order valence-electron chi connectivity index (χ4n) is 6.62. The van der Waals surface area contributed by atoms with E-state index in [1.54, 1.807) is 12.1 Å². The molecule has 4 aliphatic heterocycles. The monoisotopic (exact) mass is 451 g/mol. The maximum absolute atomic E-state index is 13.4. The third kappa shape index (κ3) is 3.20. The summed E-state index contributed by atoms with van der Waals surface area (Å²) in [6, 6.07) is 5.35. The van der Waals surface area contributed by atoms with Crippen molar-refractivity contribution < 1.29 is 19.2 Å². The second-order valence-electron chi connectivity index (χ2n) is 10.4. The summed E-state index contributed by atoms with van der Waals surface area (Å²) in [5, 5.41) is 2.25. The zero-order valence-corrected chi connectivity index (χ0v) is 18.6. The zero-order chi connectivity index (χ0) is 22.9. The quantitative estimate of drug-likeness (QED) is 0.642. The van der Waals surface area contributed by atoms with Crippen molar-refractivity contribution in [2.24, 2.45) is 11.1 Å². The van der Waals surface area contributed by atoms with Gasteiger partial charge in [-0.1, -0.05) is 6.07 Å². The summed E-state index contributed by atoms with van der Waals surface area (Å²) < 4.78 is 0. The van der Waals surface area contributed by atoms with Crippen LogP contribution in [-0.2, 0) is 9.59 Å². The SMILES string of the molecule is NC1CC2(C1)CN(C1CCN(c3cccc4c3C(=O)N(C3CCC(=O)NC3=O)C4=O)CC1)C2. The van der Waals surface area contributed by atoms with Gasteiger partial charge in [-0.05, 0) is 49.7 Å². The molecule has 3 N–H and O–H groups in total. The summed E-state index contributed by atoms with van der Waals surface area (Å²) in [4.78, 5) is 56.1. The van der Waals surface area contributed by atoms with Crippen LogP contribution in [0.15, 0.2) is 18.2 Å². The lowest BCUT2D eigenvalue weighted by Crippen LogP contribution is -2.68. The van der Waals surface area contributed by atoms with Crippen molar-refractivity contribution in [2.45, 2.75) is 56.7 Å². The summed E-state index contributed by atoms with van der Waals surface area (Å²) in [6.07, 6.45) is 4.62. The lowest BCUT2D eigenvalue weighted by molar-refractivity contribution is -0.136. The molecule has 9 nitrogen and oxygen atoms in total. The van der Waals surface area contributed by atoms with Crippen LogP contribution in [0.1, 0.15) is 59.2 Å². The number of nitrogens with two attached hydrogens (primary N) is 1. The Kier molecular flexibility index (Phi) is 4.64. The summed E-state index contributed by atoms with van der Waals surface area (Å²) in [6.45, 7) is 3.95. The molecule has 4 amide bonds. The molecule has 4 heterocycles. The molecule has 33 heavy (non-hydrogen) atoms. The highest BCUT2D eigenvalue weighted by molar-refractivity contribution is 6.25. The number of amides is 4. The Balaban J connectivity index is 1.16. The van der Waals surface area contributed by atoms with Gasteiger partial charge in [0.05, 0.1) is 16.8 Å². The largest absolute Gasteiger partial charge is 0.371 e. The molecule has 4 fully saturated rings. The smallest absolute Gasteiger partial charge is 0.264 e. The second kappa shape index (κ2) is 7.36. The summed E-state index contributed by atoms with van der Waals surface area (Å²) >= 11 is 0. The van der Waals surface area contributed by atoms with Crippen LogP contribution in [0.4, 0.5) is 5.69 Å². The lowest BCUT2D eigenvalue weighted by atomic mass is 9.60. The van der Waals surface area contributed by atoms with Crippen LogP contribution in [0, 0.1) is 5.41 Å². The maximum Gasteiger partial charge on any atom is 0.264 e. The van der Waals surface area contributed by atoms with E-state index in [1.807, 2.05) is 6.07 Å². The van der Waals surface area contributed by atoms with Crippen LogP contribution in [0.2, 0.25) is 0 Å².